The van der Waals surface area contributed by atoms with Crippen LogP contribution in [0.25, 0.3) is 0 Å². The predicted octanol–water partition coefficient (Wildman–Crippen LogP) is -1.81. The molecule has 0 aromatic carbocycles. The number of nitrogens with one attached hydrogen (secondary N) is 1. The summed E-state index contributed by atoms with van der Waals surface area (Å²) in [5, 5.41) is 28.9. The summed E-state index contributed by atoms with van der Waals surface area (Å²) in [6.45, 7) is 2.38. The summed E-state index contributed by atoms with van der Waals surface area (Å²) < 4.78 is 27.4. The van der Waals surface area contributed by atoms with Crippen LogP contribution in [-0.4, -0.2) is 61.9 Å². The number of anilines is 1. The van der Waals surface area contributed by atoms with Crippen LogP contribution in [0.4, 0.5) is 5.82 Å². The summed E-state index contributed by atoms with van der Waals surface area (Å²) in [4.78, 5) is 27.7. The Morgan fingerprint density at radius 1 is 1.64 bits per heavy atom. The zero-order chi connectivity index (χ0) is 20.6. The number of hydrogen-bond acceptors (Lipinski definition) is 10. The summed E-state index contributed by atoms with van der Waals surface area (Å²) >= 11 is 0. The maximum absolute atomic E-state index is 12.2. The summed E-state index contributed by atoms with van der Waals surface area (Å²) in [6, 6.07) is 0.0000954. The van der Waals surface area contributed by atoms with E-state index >= 15 is 0 Å². The Hall–Kier alpha value is -2.05. The molecule has 5 atom stereocenters. The van der Waals surface area contributed by atoms with E-state index in [1.54, 1.807) is 19.3 Å². The summed E-state index contributed by atoms with van der Waals surface area (Å²) in [7, 11) is 0. The van der Waals surface area contributed by atoms with Gasteiger partial charge in [-0.25, -0.2) is 4.79 Å². The predicted molar refractivity (Wildman–Crippen MR) is 83.6 cm³/mol. The Morgan fingerprint density at radius 2 is 2.32 bits per heavy atom. The Bertz CT molecular complexity index is 759. The maximum Gasteiger partial charge on any atom is 0.351 e. The van der Waals surface area contributed by atoms with E-state index in [0.717, 1.165) is 12.3 Å². The molecule has 11 nitrogen and oxygen atoms in total. The van der Waals surface area contributed by atoms with Crippen molar-refractivity contribution in [1.29, 1.82) is 0 Å². The van der Waals surface area contributed by atoms with Gasteiger partial charge < -0.3 is 25.4 Å². The molecule has 1 aromatic heterocycles. The molecule has 11 heteroatoms. The topological polar surface area (TPSA) is 169 Å². The SMILES string of the molecule is [2H]C1(O)[C@H](n2ccc(NO)nc2=O)O[C@H](CO)[C@@]1([2H])OC(=O)[C@H](N)C(C)C. The second-order valence-electron chi connectivity index (χ2n) is 5.71. The Kier molecular flexibility index (Phi) is 5.18. The smallest absolute Gasteiger partial charge is 0.351 e. The van der Waals surface area contributed by atoms with Gasteiger partial charge in [-0.05, 0) is 12.0 Å². The number of aliphatic hydroxyl groups is 2. The molecule has 0 amide bonds. The molecule has 1 aliphatic rings. The van der Waals surface area contributed by atoms with Crippen molar-refractivity contribution in [2.75, 3.05) is 12.1 Å². The van der Waals surface area contributed by atoms with E-state index in [9.17, 15) is 19.8 Å². The molecule has 140 valence electrons. The lowest BCUT2D eigenvalue weighted by atomic mass is 10.1. The van der Waals surface area contributed by atoms with Crippen molar-refractivity contribution < 1.29 is 32.4 Å². The minimum Gasteiger partial charge on any atom is -0.455 e. The monoisotopic (exact) mass is 360 g/mol. The number of esters is 1. The van der Waals surface area contributed by atoms with Crippen molar-refractivity contribution in [3.8, 4) is 0 Å². The van der Waals surface area contributed by atoms with Gasteiger partial charge >= 0.3 is 11.7 Å². The molecule has 1 saturated heterocycles. The first-order valence-corrected chi connectivity index (χ1v) is 7.46. The van der Waals surface area contributed by atoms with Gasteiger partial charge in [0.15, 0.2) is 18.1 Å². The highest BCUT2D eigenvalue weighted by Crippen LogP contribution is 2.30. The number of carbonyl (C=O) groups excluding carboxylic acids is 1. The number of nitrogens with zero attached hydrogens (tertiary/aromatic N) is 2. The molecule has 25 heavy (non-hydrogen) atoms. The van der Waals surface area contributed by atoms with E-state index in [-0.39, 0.29) is 11.7 Å². The second kappa shape index (κ2) is 7.89. The van der Waals surface area contributed by atoms with Crippen LogP contribution in [0.3, 0.4) is 0 Å². The first-order valence-electron chi connectivity index (χ1n) is 8.46. The van der Waals surface area contributed by atoms with E-state index in [2.05, 4.69) is 4.98 Å². The maximum atomic E-state index is 12.2. The lowest BCUT2D eigenvalue weighted by Crippen LogP contribution is -2.45. The van der Waals surface area contributed by atoms with Crippen molar-refractivity contribution in [1.82, 2.24) is 9.55 Å². The van der Waals surface area contributed by atoms with Gasteiger partial charge in [-0.3, -0.25) is 20.0 Å². The molecule has 1 unspecified atom stereocenters. The normalized spacial score (nSPS) is 34.4. The zero-order valence-electron chi connectivity index (χ0n) is 15.6. The Morgan fingerprint density at radius 3 is 2.84 bits per heavy atom. The van der Waals surface area contributed by atoms with E-state index in [1.807, 2.05) is 0 Å². The first kappa shape index (κ1) is 16.4. The highest BCUT2D eigenvalue weighted by Gasteiger charge is 2.47. The molecule has 1 fully saturated rings. The van der Waals surface area contributed by atoms with Gasteiger partial charge in [0.25, 0.3) is 0 Å². The lowest BCUT2D eigenvalue weighted by molar-refractivity contribution is -0.159. The van der Waals surface area contributed by atoms with E-state index in [0.29, 0.717) is 4.57 Å². The number of carbonyl (C=O) groups is 1. The third kappa shape index (κ3) is 3.96. The van der Waals surface area contributed by atoms with Crippen molar-refractivity contribution in [2.45, 2.75) is 44.4 Å². The second-order valence-corrected chi connectivity index (χ2v) is 5.71. The minimum absolute atomic E-state index is 0.201. The van der Waals surface area contributed by atoms with E-state index in [4.69, 9.17) is 23.2 Å². The molecule has 0 saturated carbocycles. The van der Waals surface area contributed by atoms with Gasteiger partial charge in [0.1, 0.15) is 18.2 Å². The Labute approximate surface area is 145 Å². The van der Waals surface area contributed by atoms with Gasteiger partial charge in [-0.15, -0.1) is 0 Å². The highest BCUT2D eigenvalue weighted by atomic mass is 16.6. The van der Waals surface area contributed by atoms with Crippen molar-refractivity contribution in [3.63, 3.8) is 0 Å². The molecule has 6 N–H and O–H groups in total. The van der Waals surface area contributed by atoms with Gasteiger partial charge in [0.05, 0.1) is 9.35 Å². The zero-order valence-corrected chi connectivity index (χ0v) is 13.6. The molecule has 0 bridgehead atoms. The fourth-order valence-electron chi connectivity index (χ4n) is 2.11. The van der Waals surface area contributed by atoms with Crippen LogP contribution in [0.15, 0.2) is 17.1 Å². The number of ether oxygens (including phenoxy) is 2. The van der Waals surface area contributed by atoms with Gasteiger partial charge in [0.2, 0.25) is 0 Å². The number of hydrogen-bond donors (Lipinski definition) is 5. The van der Waals surface area contributed by atoms with Gasteiger partial charge in [0, 0.05) is 6.20 Å². The number of rotatable bonds is 6. The number of nitrogens with two attached hydrogens (primary N) is 1. The van der Waals surface area contributed by atoms with Crippen LogP contribution in [-0.2, 0) is 14.3 Å². The quantitative estimate of drug-likeness (QED) is 0.288. The standard InChI is InChI=1S/C14H22N4O7/c1-6(2)9(15)13(21)25-11-7(5-19)24-12(10(11)20)18-4-3-8(17-23)16-14(18)22/h3-4,6-7,9-12,19-20,23H,5,15H2,1-2H3,(H,16,17,22)/t7-,9-,10?,11-,12-/m1/s1/i10D,11D. The summed E-state index contributed by atoms with van der Waals surface area (Å²) in [6.07, 6.45) is -8.20. The molecule has 1 aliphatic heterocycles. The summed E-state index contributed by atoms with van der Waals surface area (Å²) in [5.41, 5.74) is 6.30. The Balaban J connectivity index is 2.43. The average molecular weight is 360 g/mol. The van der Waals surface area contributed by atoms with Crippen LogP contribution in [0.1, 0.15) is 22.8 Å². The van der Waals surface area contributed by atoms with Crippen molar-refractivity contribution >= 4 is 11.8 Å². The molecular formula is C14H22N4O7. The summed E-state index contributed by atoms with van der Waals surface area (Å²) in [5.74, 6) is -1.62. The number of aliphatic hydroxyl groups excluding tert-OH is 1. The first-order chi connectivity index (χ1) is 12.5. The third-order valence-corrected chi connectivity index (χ3v) is 3.64. The average Bonchev–Trinajstić information content (AvgIpc) is 2.80. The minimum atomic E-state index is -2.99. The van der Waals surface area contributed by atoms with Crippen LogP contribution in [0, 0.1) is 5.92 Å². The third-order valence-electron chi connectivity index (χ3n) is 3.64. The molecule has 0 spiro atoms. The molecule has 2 rings (SSSR count). The van der Waals surface area contributed by atoms with Crippen molar-refractivity contribution in [2.24, 2.45) is 11.7 Å². The van der Waals surface area contributed by atoms with Crippen molar-refractivity contribution in [3.05, 3.63) is 22.7 Å². The van der Waals surface area contributed by atoms with Crippen LogP contribution >= 0.6 is 0 Å². The van der Waals surface area contributed by atoms with E-state index in [1.165, 1.54) is 0 Å². The fraction of sp³-hybridized carbons (Fsp3) is 0.643. The van der Waals surface area contributed by atoms with Crippen LogP contribution in [0.2, 0.25) is 0 Å². The van der Waals surface area contributed by atoms with Crippen LogP contribution in [0.5, 0.6) is 0 Å². The lowest BCUT2D eigenvalue weighted by Gasteiger charge is -2.23. The molecular weight excluding hydrogens is 336 g/mol. The molecule has 1 aromatic rings. The van der Waals surface area contributed by atoms with E-state index < -0.39 is 48.8 Å². The highest BCUT2D eigenvalue weighted by molar-refractivity contribution is 5.76. The molecule has 2 heterocycles. The largest absolute Gasteiger partial charge is 0.455 e. The van der Waals surface area contributed by atoms with Gasteiger partial charge in [-0.2, -0.15) is 4.98 Å². The van der Waals surface area contributed by atoms with Crippen LogP contribution < -0.4 is 16.9 Å². The molecule has 0 aliphatic carbocycles. The number of aromatic nitrogens is 2. The molecule has 0 radical (unpaired) electrons. The fourth-order valence-corrected chi connectivity index (χ4v) is 2.11. The van der Waals surface area contributed by atoms with Gasteiger partial charge in [-0.1, -0.05) is 13.8 Å².